The van der Waals surface area contributed by atoms with E-state index in [0.717, 1.165) is 22.8 Å². The molecule has 0 unspecified atom stereocenters. The summed E-state index contributed by atoms with van der Waals surface area (Å²) in [5, 5.41) is 0. The Bertz CT molecular complexity index is 1840. The second kappa shape index (κ2) is 19.8. The number of hydrogen-bond acceptors (Lipinski definition) is 2. The van der Waals surface area contributed by atoms with Gasteiger partial charge in [-0.05, 0) is 66.3 Å². The molecule has 0 bridgehead atoms. The second-order valence-corrected chi connectivity index (χ2v) is 13.3. The molecule has 0 saturated carbocycles. The molecule has 6 rings (SSSR count). The number of imidazole rings is 2. The Morgan fingerprint density at radius 1 is 0.620 bits per heavy atom. The molecule has 266 valence electrons. The van der Waals surface area contributed by atoms with E-state index >= 15 is 0 Å². The predicted octanol–water partition coefficient (Wildman–Crippen LogP) is 11.7. The van der Waals surface area contributed by atoms with E-state index in [1.54, 1.807) is 0 Å². The number of aryl methyl sites for hydroxylation is 3. The molecule has 0 spiro atoms. The SMILES string of the molecule is CC(C)c1cccc(C(C)C)c1-n1ccnc1-c1[c-]cccc1.CCCCCCc1cc(C)c(-n2ccnc2-c2[c-]cccc2)c(C)c1.[Ir].[Ir]. The van der Waals surface area contributed by atoms with E-state index in [0.29, 0.717) is 11.8 Å². The summed E-state index contributed by atoms with van der Waals surface area (Å²) in [6.45, 7) is 15.6. The van der Waals surface area contributed by atoms with Crippen LogP contribution in [-0.4, -0.2) is 19.1 Å². The molecule has 4 aromatic carbocycles. The van der Waals surface area contributed by atoms with E-state index in [9.17, 15) is 0 Å². The monoisotopic (exact) mass is 1020 g/mol. The molecular formula is C44H50Ir2N4-2. The quantitative estimate of drug-likeness (QED) is 0.0958. The van der Waals surface area contributed by atoms with Gasteiger partial charge in [-0.2, -0.15) is 0 Å². The zero-order valence-corrected chi connectivity index (χ0v) is 35.3. The maximum atomic E-state index is 4.60. The molecule has 50 heavy (non-hydrogen) atoms. The van der Waals surface area contributed by atoms with Crippen LogP contribution in [-0.2, 0) is 46.6 Å². The Hall–Kier alpha value is -3.40. The minimum atomic E-state index is 0. The summed E-state index contributed by atoms with van der Waals surface area (Å²) in [4.78, 5) is 9.16. The van der Waals surface area contributed by atoms with Crippen molar-refractivity contribution in [2.75, 3.05) is 0 Å². The summed E-state index contributed by atoms with van der Waals surface area (Å²) in [5.41, 5.74) is 11.3. The zero-order valence-electron chi connectivity index (χ0n) is 30.5. The van der Waals surface area contributed by atoms with Crippen molar-refractivity contribution in [1.82, 2.24) is 19.1 Å². The summed E-state index contributed by atoms with van der Waals surface area (Å²) >= 11 is 0. The first kappa shape index (κ1) is 41.0. The number of unbranched alkanes of at least 4 members (excludes halogenated alkanes) is 3. The molecule has 0 aliphatic carbocycles. The molecule has 0 amide bonds. The van der Waals surface area contributed by atoms with E-state index in [4.69, 9.17) is 0 Å². The molecule has 0 fully saturated rings. The van der Waals surface area contributed by atoms with Gasteiger partial charge in [0.25, 0.3) is 0 Å². The smallest absolute Gasteiger partial charge is 0.0602 e. The maximum absolute atomic E-state index is 4.60. The number of hydrogen-bond donors (Lipinski definition) is 0. The summed E-state index contributed by atoms with van der Waals surface area (Å²) in [6, 6.07) is 33.9. The average Bonchev–Trinajstić information content (AvgIpc) is 3.78. The number of benzene rings is 4. The molecule has 4 nitrogen and oxygen atoms in total. The fourth-order valence-electron chi connectivity index (χ4n) is 6.55. The Labute approximate surface area is 327 Å². The van der Waals surface area contributed by atoms with E-state index in [1.165, 1.54) is 71.3 Å². The summed E-state index contributed by atoms with van der Waals surface area (Å²) in [5.74, 6) is 2.81. The van der Waals surface area contributed by atoms with Crippen LogP contribution in [0.4, 0.5) is 0 Å². The van der Waals surface area contributed by atoms with Gasteiger partial charge >= 0.3 is 0 Å². The zero-order chi connectivity index (χ0) is 34.0. The number of aromatic nitrogens is 4. The van der Waals surface area contributed by atoms with Gasteiger partial charge in [-0.3, -0.25) is 9.97 Å². The van der Waals surface area contributed by atoms with E-state index < -0.39 is 0 Å². The van der Waals surface area contributed by atoms with Crippen LogP contribution >= 0.6 is 0 Å². The van der Waals surface area contributed by atoms with Crippen molar-refractivity contribution in [3.63, 3.8) is 0 Å². The van der Waals surface area contributed by atoms with Gasteiger partial charge in [0.2, 0.25) is 0 Å². The molecule has 0 saturated heterocycles. The molecular weight excluding hydrogens is 969 g/mol. The van der Waals surface area contributed by atoms with Crippen molar-refractivity contribution >= 4 is 0 Å². The molecule has 0 atom stereocenters. The van der Waals surface area contributed by atoms with Crippen molar-refractivity contribution in [1.29, 1.82) is 0 Å². The van der Waals surface area contributed by atoms with Gasteiger partial charge in [0, 0.05) is 76.4 Å². The van der Waals surface area contributed by atoms with Gasteiger partial charge in [-0.15, -0.1) is 71.8 Å². The average molecular weight is 1020 g/mol. The molecule has 6 aromatic rings. The largest absolute Gasteiger partial charge is 0.340 e. The van der Waals surface area contributed by atoms with Crippen LogP contribution in [0, 0.1) is 26.0 Å². The predicted molar refractivity (Wildman–Crippen MR) is 201 cm³/mol. The van der Waals surface area contributed by atoms with Gasteiger partial charge in [0.1, 0.15) is 0 Å². The maximum Gasteiger partial charge on any atom is 0.0602 e. The minimum Gasteiger partial charge on any atom is -0.340 e. The van der Waals surface area contributed by atoms with Crippen LogP contribution in [0.15, 0.2) is 104 Å². The molecule has 0 N–H and O–H groups in total. The van der Waals surface area contributed by atoms with Gasteiger partial charge < -0.3 is 9.13 Å². The second-order valence-electron chi connectivity index (χ2n) is 13.3. The van der Waals surface area contributed by atoms with Crippen molar-refractivity contribution in [2.24, 2.45) is 0 Å². The molecule has 2 radical (unpaired) electrons. The summed E-state index contributed by atoms with van der Waals surface area (Å²) < 4.78 is 4.41. The summed E-state index contributed by atoms with van der Waals surface area (Å²) in [7, 11) is 0. The van der Waals surface area contributed by atoms with E-state index in [1.807, 2.05) is 55.0 Å². The number of rotatable bonds is 11. The normalized spacial score (nSPS) is 10.7. The molecule has 0 aliphatic rings. The van der Waals surface area contributed by atoms with Crippen LogP contribution in [0.25, 0.3) is 34.2 Å². The van der Waals surface area contributed by atoms with Crippen LogP contribution in [0.2, 0.25) is 0 Å². The Kier molecular flexibility index (Phi) is 16.3. The van der Waals surface area contributed by atoms with Gasteiger partial charge in [0.15, 0.2) is 0 Å². The van der Waals surface area contributed by atoms with Gasteiger partial charge in [-0.1, -0.05) is 84.2 Å². The first-order valence-corrected chi connectivity index (χ1v) is 17.5. The fraction of sp³-hybridized carbons (Fsp3) is 0.318. The van der Waals surface area contributed by atoms with E-state index in [2.05, 4.69) is 128 Å². The third-order valence-corrected chi connectivity index (χ3v) is 8.88. The molecule has 2 heterocycles. The Morgan fingerprint density at radius 2 is 1.12 bits per heavy atom. The van der Waals surface area contributed by atoms with E-state index in [-0.39, 0.29) is 40.2 Å². The number of nitrogens with zero attached hydrogens (tertiary/aromatic N) is 4. The number of para-hydroxylation sites is 1. The third kappa shape index (κ3) is 9.89. The molecule has 0 aliphatic heterocycles. The van der Waals surface area contributed by atoms with Crippen molar-refractivity contribution in [3.05, 3.63) is 144 Å². The van der Waals surface area contributed by atoms with Crippen LogP contribution in [0.5, 0.6) is 0 Å². The first-order chi connectivity index (χ1) is 23.3. The van der Waals surface area contributed by atoms with Gasteiger partial charge in [0.05, 0.1) is 11.6 Å². The van der Waals surface area contributed by atoms with Crippen molar-refractivity contribution < 1.29 is 40.2 Å². The Morgan fingerprint density at radius 3 is 1.56 bits per heavy atom. The Balaban J connectivity index is 0.000000261. The minimum absolute atomic E-state index is 0. The van der Waals surface area contributed by atoms with Crippen LogP contribution < -0.4 is 0 Å². The third-order valence-electron chi connectivity index (χ3n) is 8.88. The topological polar surface area (TPSA) is 35.6 Å². The molecule has 2 aromatic heterocycles. The first-order valence-electron chi connectivity index (χ1n) is 17.5. The van der Waals surface area contributed by atoms with Gasteiger partial charge in [-0.25, -0.2) is 0 Å². The standard InChI is InChI=1S/C23H27N2.C21H23N2.2Ir/c1-4-5-6-8-11-20-16-18(2)22(19(3)17-20)25-15-14-24-23(25)21-12-9-7-10-13-21;1-15(2)18-11-8-12-19(16(3)4)20(18)23-14-13-22-21(23)17-9-6-5-7-10-17;;/h7,9-10,12,14-17H,4-6,8,11H2,1-3H3;5-9,11-16H,1-4H3;;/q2*-1;;. The van der Waals surface area contributed by atoms with Crippen LogP contribution in [0.1, 0.15) is 100.0 Å². The fourth-order valence-corrected chi connectivity index (χ4v) is 6.55. The van der Waals surface area contributed by atoms with Crippen molar-refractivity contribution in [3.8, 4) is 34.2 Å². The summed E-state index contributed by atoms with van der Waals surface area (Å²) in [6.07, 6.45) is 14.2. The van der Waals surface area contributed by atoms with Crippen molar-refractivity contribution in [2.45, 2.75) is 92.4 Å². The van der Waals surface area contributed by atoms with Crippen LogP contribution in [0.3, 0.4) is 0 Å². The molecule has 6 heteroatoms.